The monoisotopic (exact) mass is 200 g/mol. The normalized spacial score (nSPS) is 14.4. The molecular weight excluding hydrogens is 188 g/mol. The van der Waals surface area contributed by atoms with Crippen LogP contribution in [-0.4, -0.2) is 5.91 Å². The molecule has 0 atom stereocenters. The number of nitrogens with one attached hydrogen (secondary N) is 1. The van der Waals surface area contributed by atoms with E-state index >= 15 is 0 Å². The Morgan fingerprint density at radius 3 is 2.80 bits per heavy atom. The second-order valence-electron chi connectivity index (χ2n) is 3.87. The summed E-state index contributed by atoms with van der Waals surface area (Å²) in [6.07, 6.45) is 2.43. The summed E-state index contributed by atoms with van der Waals surface area (Å²) in [7, 11) is 0. The van der Waals surface area contributed by atoms with Crippen molar-refractivity contribution in [1.82, 2.24) is 0 Å². The smallest absolute Gasteiger partial charge is 0.221 e. The zero-order chi connectivity index (χ0) is 10.8. The third-order valence-corrected chi connectivity index (χ3v) is 2.52. The first-order valence-electron chi connectivity index (χ1n) is 5.02. The van der Waals surface area contributed by atoms with Crippen molar-refractivity contribution in [1.29, 1.82) is 5.26 Å². The highest BCUT2D eigenvalue weighted by atomic mass is 16.1. The maximum atomic E-state index is 10.9. The van der Waals surface area contributed by atoms with Gasteiger partial charge in [-0.3, -0.25) is 4.79 Å². The number of hydrogen-bond donors (Lipinski definition) is 1. The van der Waals surface area contributed by atoms with Gasteiger partial charge in [0.25, 0.3) is 0 Å². The minimum Gasteiger partial charge on any atom is -0.325 e. The van der Waals surface area contributed by atoms with Gasteiger partial charge in [-0.2, -0.15) is 5.26 Å². The first-order chi connectivity index (χ1) is 7.20. The fourth-order valence-electron chi connectivity index (χ4n) is 1.62. The number of carbonyl (C=O) groups excluding carboxylic acids is 1. The predicted molar refractivity (Wildman–Crippen MR) is 57.4 cm³/mol. The Morgan fingerprint density at radius 2 is 2.27 bits per heavy atom. The van der Waals surface area contributed by atoms with Crippen LogP contribution in [0.25, 0.3) is 0 Å². The Morgan fingerprint density at radius 1 is 1.53 bits per heavy atom. The highest BCUT2D eigenvalue weighted by molar-refractivity contribution is 5.90. The van der Waals surface area contributed by atoms with E-state index in [-0.39, 0.29) is 5.91 Å². The van der Waals surface area contributed by atoms with E-state index in [1.54, 1.807) is 0 Å². The molecule has 0 unspecified atom stereocenters. The molecule has 1 aromatic rings. The fourth-order valence-corrected chi connectivity index (χ4v) is 1.62. The molecule has 1 saturated carbocycles. The Labute approximate surface area is 88.7 Å². The van der Waals surface area contributed by atoms with Gasteiger partial charge < -0.3 is 5.32 Å². The summed E-state index contributed by atoms with van der Waals surface area (Å²) in [4.78, 5) is 10.9. The summed E-state index contributed by atoms with van der Waals surface area (Å²) >= 11 is 0. The summed E-state index contributed by atoms with van der Waals surface area (Å²) < 4.78 is 0. The van der Waals surface area contributed by atoms with Crippen LogP contribution in [0.2, 0.25) is 0 Å². The molecule has 0 heterocycles. The van der Waals surface area contributed by atoms with Gasteiger partial charge in [0.15, 0.2) is 0 Å². The van der Waals surface area contributed by atoms with Gasteiger partial charge in [0, 0.05) is 6.92 Å². The molecule has 0 bridgehead atoms. The first-order valence-corrected chi connectivity index (χ1v) is 5.02. The Bertz CT molecular complexity index is 441. The summed E-state index contributed by atoms with van der Waals surface area (Å²) in [6, 6.07) is 7.79. The lowest BCUT2D eigenvalue weighted by atomic mass is 10.1. The van der Waals surface area contributed by atoms with E-state index in [9.17, 15) is 4.79 Å². The molecule has 0 radical (unpaired) electrons. The predicted octanol–water partition coefficient (Wildman–Crippen LogP) is 2.39. The van der Waals surface area contributed by atoms with E-state index in [4.69, 9.17) is 5.26 Å². The maximum Gasteiger partial charge on any atom is 0.221 e. The Kier molecular flexibility index (Phi) is 2.42. The fraction of sp³-hybridized carbons (Fsp3) is 0.333. The molecule has 2 rings (SSSR count). The van der Waals surface area contributed by atoms with E-state index in [0.29, 0.717) is 17.2 Å². The molecule has 1 fully saturated rings. The van der Waals surface area contributed by atoms with Gasteiger partial charge in [0.1, 0.15) is 6.07 Å². The largest absolute Gasteiger partial charge is 0.325 e. The lowest BCUT2D eigenvalue weighted by Gasteiger charge is -2.06. The van der Waals surface area contributed by atoms with Crippen molar-refractivity contribution in [2.24, 2.45) is 0 Å². The molecule has 1 amide bonds. The minimum atomic E-state index is -0.148. The van der Waals surface area contributed by atoms with Crippen LogP contribution in [0.5, 0.6) is 0 Å². The highest BCUT2D eigenvalue weighted by Crippen LogP contribution is 2.40. The highest BCUT2D eigenvalue weighted by Gasteiger charge is 2.24. The quantitative estimate of drug-likeness (QED) is 0.796. The second kappa shape index (κ2) is 3.74. The van der Waals surface area contributed by atoms with E-state index in [2.05, 4.69) is 11.4 Å². The van der Waals surface area contributed by atoms with Crippen molar-refractivity contribution in [3.05, 3.63) is 29.3 Å². The van der Waals surface area contributed by atoms with Crippen molar-refractivity contribution >= 4 is 11.6 Å². The number of anilines is 1. The number of carbonyl (C=O) groups is 1. The molecule has 0 saturated heterocycles. The summed E-state index contributed by atoms with van der Waals surface area (Å²) in [5.41, 5.74) is 2.37. The first kappa shape index (κ1) is 9.72. The van der Waals surface area contributed by atoms with Gasteiger partial charge in [-0.15, -0.1) is 0 Å². The number of nitriles is 1. The minimum absolute atomic E-state index is 0.148. The second-order valence-corrected chi connectivity index (χ2v) is 3.87. The van der Waals surface area contributed by atoms with E-state index in [0.717, 1.165) is 0 Å². The van der Waals surface area contributed by atoms with Crippen molar-refractivity contribution in [2.75, 3.05) is 5.32 Å². The zero-order valence-corrected chi connectivity index (χ0v) is 8.58. The van der Waals surface area contributed by atoms with E-state index in [1.165, 1.54) is 25.3 Å². The molecule has 1 N–H and O–H groups in total. The van der Waals surface area contributed by atoms with Gasteiger partial charge >= 0.3 is 0 Å². The maximum absolute atomic E-state index is 10.9. The van der Waals surface area contributed by atoms with Crippen LogP contribution >= 0.6 is 0 Å². The van der Waals surface area contributed by atoms with Crippen LogP contribution in [-0.2, 0) is 4.79 Å². The van der Waals surface area contributed by atoms with Gasteiger partial charge in [0.05, 0.1) is 11.3 Å². The summed E-state index contributed by atoms with van der Waals surface area (Å²) in [6.45, 7) is 1.44. The molecule has 0 aliphatic heterocycles. The SMILES string of the molecule is CC(=O)Nc1ccc(C2CC2)cc1C#N. The molecule has 1 aromatic carbocycles. The van der Waals surface area contributed by atoms with Crippen LogP contribution < -0.4 is 5.32 Å². The lowest BCUT2D eigenvalue weighted by molar-refractivity contribution is -0.114. The molecule has 76 valence electrons. The Hall–Kier alpha value is -1.82. The van der Waals surface area contributed by atoms with Gasteiger partial charge in [-0.25, -0.2) is 0 Å². The number of benzene rings is 1. The van der Waals surface area contributed by atoms with Crippen molar-refractivity contribution in [2.45, 2.75) is 25.7 Å². The summed E-state index contributed by atoms with van der Waals surface area (Å²) in [5, 5.41) is 11.6. The van der Waals surface area contributed by atoms with Crippen LogP contribution in [0.4, 0.5) is 5.69 Å². The molecule has 0 spiro atoms. The van der Waals surface area contributed by atoms with Crippen LogP contribution in [0.1, 0.15) is 36.8 Å². The molecule has 15 heavy (non-hydrogen) atoms. The van der Waals surface area contributed by atoms with Gasteiger partial charge in [-0.05, 0) is 36.5 Å². The molecule has 0 aromatic heterocycles. The zero-order valence-electron chi connectivity index (χ0n) is 8.58. The summed E-state index contributed by atoms with van der Waals surface area (Å²) in [5.74, 6) is 0.481. The van der Waals surface area contributed by atoms with Gasteiger partial charge in [-0.1, -0.05) is 6.07 Å². The molecular formula is C12H12N2O. The van der Waals surface area contributed by atoms with Crippen molar-refractivity contribution < 1.29 is 4.79 Å². The Balaban J connectivity index is 2.31. The third kappa shape index (κ3) is 2.16. The number of rotatable bonds is 2. The van der Waals surface area contributed by atoms with E-state index < -0.39 is 0 Å². The van der Waals surface area contributed by atoms with E-state index in [1.807, 2.05) is 18.2 Å². The molecule has 3 nitrogen and oxygen atoms in total. The number of nitrogens with zero attached hydrogens (tertiary/aromatic N) is 1. The number of hydrogen-bond acceptors (Lipinski definition) is 2. The van der Waals surface area contributed by atoms with Crippen LogP contribution in [0, 0.1) is 11.3 Å². The third-order valence-electron chi connectivity index (χ3n) is 2.52. The van der Waals surface area contributed by atoms with Crippen molar-refractivity contribution in [3.63, 3.8) is 0 Å². The van der Waals surface area contributed by atoms with Gasteiger partial charge in [0.2, 0.25) is 5.91 Å². The molecule has 3 heteroatoms. The average molecular weight is 200 g/mol. The van der Waals surface area contributed by atoms with Crippen molar-refractivity contribution in [3.8, 4) is 6.07 Å². The lowest BCUT2D eigenvalue weighted by Crippen LogP contribution is -2.07. The average Bonchev–Trinajstić information content (AvgIpc) is 3.01. The number of amides is 1. The van der Waals surface area contributed by atoms with Crippen LogP contribution in [0.3, 0.4) is 0 Å². The topological polar surface area (TPSA) is 52.9 Å². The standard InChI is InChI=1S/C12H12N2O/c1-8(15)14-12-5-4-10(9-2-3-9)6-11(12)7-13/h4-6,9H,2-3H2,1H3,(H,14,15). The molecule has 1 aliphatic rings. The van der Waals surface area contributed by atoms with Crippen LogP contribution in [0.15, 0.2) is 18.2 Å². The molecule has 1 aliphatic carbocycles.